The third-order valence-corrected chi connectivity index (χ3v) is 3.74. The van der Waals surface area contributed by atoms with E-state index in [0.717, 1.165) is 18.5 Å². The average Bonchev–Trinajstić information content (AvgIpc) is 2.76. The van der Waals surface area contributed by atoms with Gasteiger partial charge in [-0.25, -0.2) is 14.4 Å². The highest BCUT2D eigenvalue weighted by Gasteiger charge is 2.24. The van der Waals surface area contributed by atoms with Crippen LogP contribution in [0, 0.1) is 15.9 Å². The molecule has 4 N–H and O–H groups in total. The second-order valence-electron chi connectivity index (χ2n) is 5.71. The average molecular weight is 411 g/mol. The van der Waals surface area contributed by atoms with Crippen molar-refractivity contribution >= 4 is 29.1 Å². The van der Waals surface area contributed by atoms with Crippen LogP contribution in [-0.4, -0.2) is 26.7 Å². The van der Waals surface area contributed by atoms with E-state index in [1.807, 2.05) is 0 Å². The predicted octanol–water partition coefficient (Wildman–Crippen LogP) is 2.04. The molecule has 12 heteroatoms. The van der Waals surface area contributed by atoms with Gasteiger partial charge in [-0.15, -0.1) is 0 Å². The van der Waals surface area contributed by atoms with Gasteiger partial charge in [-0.2, -0.15) is 0 Å². The molecular weight excluding hydrogens is 397 g/mol. The molecule has 0 aliphatic carbocycles. The summed E-state index contributed by atoms with van der Waals surface area (Å²) in [4.78, 5) is 42.4. The molecule has 0 radical (unpaired) electrons. The maximum atomic E-state index is 12.9. The van der Waals surface area contributed by atoms with Crippen molar-refractivity contribution in [2.75, 3.05) is 10.9 Å². The number of anilines is 2. The number of aromatic nitrogens is 2. The Hall–Kier alpha value is -4.61. The fraction of sp³-hybridized carbons (Fsp3) is 0. The van der Waals surface area contributed by atoms with E-state index in [1.165, 1.54) is 12.1 Å². The van der Waals surface area contributed by atoms with Gasteiger partial charge in [0.25, 0.3) is 11.8 Å². The number of nitro groups is 1. The van der Waals surface area contributed by atoms with Gasteiger partial charge in [0.05, 0.1) is 4.92 Å². The zero-order chi connectivity index (χ0) is 21.5. The molecule has 0 saturated heterocycles. The highest BCUT2D eigenvalue weighted by molar-refractivity contribution is 5.96. The van der Waals surface area contributed by atoms with E-state index in [9.17, 15) is 24.1 Å². The maximum absolute atomic E-state index is 12.9. The molecule has 3 aromatic rings. The van der Waals surface area contributed by atoms with E-state index in [4.69, 9.17) is 0 Å². The van der Waals surface area contributed by atoms with Gasteiger partial charge in [-0.3, -0.25) is 41.4 Å². The Kier molecular flexibility index (Phi) is 6.08. The fourth-order valence-electron chi connectivity index (χ4n) is 2.30. The smallest absolute Gasteiger partial charge is 0.276 e. The third kappa shape index (κ3) is 4.81. The third-order valence-electron chi connectivity index (χ3n) is 3.74. The summed E-state index contributed by atoms with van der Waals surface area (Å²) < 4.78 is 12.9. The quantitative estimate of drug-likeness (QED) is 0.341. The predicted molar refractivity (Wildman–Crippen MR) is 104 cm³/mol. The minimum absolute atomic E-state index is 0.120. The van der Waals surface area contributed by atoms with Crippen LogP contribution >= 0.6 is 0 Å². The van der Waals surface area contributed by atoms with Crippen molar-refractivity contribution in [1.82, 2.24) is 20.8 Å². The van der Waals surface area contributed by atoms with Crippen LogP contribution < -0.4 is 21.7 Å². The number of hydrogen-bond acceptors (Lipinski definition) is 8. The number of carbonyl (C=O) groups is 2. The lowest BCUT2D eigenvalue weighted by Gasteiger charge is -2.11. The molecule has 0 aliphatic heterocycles. The van der Waals surface area contributed by atoms with Crippen LogP contribution in [0.3, 0.4) is 0 Å². The summed E-state index contributed by atoms with van der Waals surface area (Å²) >= 11 is 0. The summed E-state index contributed by atoms with van der Waals surface area (Å²) in [5.41, 5.74) is 9.05. The Balaban J connectivity index is 1.72. The van der Waals surface area contributed by atoms with Gasteiger partial charge in [0.1, 0.15) is 12.1 Å². The van der Waals surface area contributed by atoms with Crippen LogP contribution in [0.1, 0.15) is 20.7 Å². The number of hydrogen-bond donors (Lipinski definition) is 4. The van der Waals surface area contributed by atoms with Crippen molar-refractivity contribution in [1.29, 1.82) is 0 Å². The van der Waals surface area contributed by atoms with Gasteiger partial charge in [0, 0.05) is 11.1 Å². The van der Waals surface area contributed by atoms with Crippen molar-refractivity contribution < 1.29 is 18.9 Å². The lowest BCUT2D eigenvalue weighted by Crippen LogP contribution is -2.32. The van der Waals surface area contributed by atoms with Crippen molar-refractivity contribution in [3.05, 3.63) is 88.0 Å². The Morgan fingerprint density at radius 1 is 0.833 bits per heavy atom. The molecule has 1 heterocycles. The summed E-state index contributed by atoms with van der Waals surface area (Å²) in [5, 5.41) is 11.5. The molecule has 0 fully saturated rings. The minimum atomic E-state index is -0.788. The first kappa shape index (κ1) is 20.1. The first-order valence-electron chi connectivity index (χ1n) is 8.38. The standard InChI is InChI=1S/C18H14FN7O4/c19-13-8-6-12(7-9-13)18(28)25-23-16-14(26(29)30)15(20-10-21-16)22-24-17(27)11-4-2-1-3-5-11/h1-10H,(H,24,27)(H,25,28)(H2,20,21,22,23). The van der Waals surface area contributed by atoms with Gasteiger partial charge in [-0.1, -0.05) is 18.2 Å². The van der Waals surface area contributed by atoms with Crippen molar-refractivity contribution in [3.63, 3.8) is 0 Å². The van der Waals surface area contributed by atoms with E-state index in [2.05, 4.69) is 31.7 Å². The van der Waals surface area contributed by atoms with Crippen LogP contribution in [0.15, 0.2) is 60.9 Å². The molecule has 2 amide bonds. The summed E-state index contributed by atoms with van der Waals surface area (Å²) in [5.74, 6) is -2.36. The normalized spacial score (nSPS) is 10.0. The lowest BCUT2D eigenvalue weighted by molar-refractivity contribution is -0.383. The fourth-order valence-corrected chi connectivity index (χ4v) is 2.30. The number of nitrogens with one attached hydrogen (secondary N) is 4. The number of amides is 2. The minimum Gasteiger partial charge on any atom is -0.276 e. The lowest BCUT2D eigenvalue weighted by atomic mass is 10.2. The summed E-state index contributed by atoms with van der Waals surface area (Å²) in [6.45, 7) is 0. The van der Waals surface area contributed by atoms with Gasteiger partial charge >= 0.3 is 5.69 Å². The van der Waals surface area contributed by atoms with Gasteiger partial charge in [0.2, 0.25) is 11.6 Å². The summed E-state index contributed by atoms with van der Waals surface area (Å²) in [7, 11) is 0. The first-order valence-corrected chi connectivity index (χ1v) is 8.38. The molecule has 0 unspecified atom stereocenters. The van der Waals surface area contributed by atoms with Crippen molar-refractivity contribution in [3.8, 4) is 0 Å². The van der Waals surface area contributed by atoms with E-state index >= 15 is 0 Å². The number of nitrogens with zero attached hydrogens (tertiary/aromatic N) is 3. The van der Waals surface area contributed by atoms with Crippen molar-refractivity contribution in [2.45, 2.75) is 0 Å². The molecule has 1 aromatic heterocycles. The molecule has 30 heavy (non-hydrogen) atoms. The zero-order valence-electron chi connectivity index (χ0n) is 15.1. The number of rotatable bonds is 7. The molecule has 0 atom stereocenters. The molecule has 152 valence electrons. The summed E-state index contributed by atoms with van der Waals surface area (Å²) in [6, 6.07) is 12.9. The van der Waals surface area contributed by atoms with Crippen LogP contribution in [0.25, 0.3) is 0 Å². The van der Waals surface area contributed by atoms with Gasteiger partial charge in [-0.05, 0) is 36.4 Å². The largest absolute Gasteiger partial charge is 0.356 e. The first-order chi connectivity index (χ1) is 14.5. The number of benzene rings is 2. The van der Waals surface area contributed by atoms with Crippen LogP contribution in [0.2, 0.25) is 0 Å². The van der Waals surface area contributed by atoms with Crippen LogP contribution in [0.5, 0.6) is 0 Å². The highest BCUT2D eigenvalue weighted by Crippen LogP contribution is 2.27. The molecule has 0 bridgehead atoms. The number of halogens is 1. The van der Waals surface area contributed by atoms with Crippen LogP contribution in [-0.2, 0) is 0 Å². The van der Waals surface area contributed by atoms with E-state index in [-0.39, 0.29) is 17.2 Å². The number of carbonyl (C=O) groups excluding carboxylic acids is 2. The van der Waals surface area contributed by atoms with E-state index < -0.39 is 28.2 Å². The second-order valence-corrected chi connectivity index (χ2v) is 5.71. The molecule has 2 aromatic carbocycles. The molecule has 0 saturated carbocycles. The highest BCUT2D eigenvalue weighted by atomic mass is 19.1. The Bertz CT molecular complexity index is 1080. The topological polar surface area (TPSA) is 151 Å². The zero-order valence-corrected chi connectivity index (χ0v) is 15.1. The SMILES string of the molecule is O=C(NNc1ncnc(NNC(=O)c2ccc(F)cc2)c1[N+](=O)[O-])c1ccccc1. The summed E-state index contributed by atoms with van der Waals surface area (Å²) in [6.07, 6.45) is 0.996. The Labute approximate surface area is 168 Å². The Morgan fingerprint density at radius 2 is 1.33 bits per heavy atom. The molecule has 3 rings (SSSR count). The van der Waals surface area contributed by atoms with Crippen LogP contribution in [0.4, 0.5) is 21.7 Å². The number of hydrazine groups is 2. The van der Waals surface area contributed by atoms with E-state index in [0.29, 0.717) is 5.56 Å². The monoisotopic (exact) mass is 411 g/mol. The molecular formula is C18H14FN7O4. The van der Waals surface area contributed by atoms with E-state index in [1.54, 1.807) is 30.3 Å². The molecule has 11 nitrogen and oxygen atoms in total. The maximum Gasteiger partial charge on any atom is 0.356 e. The molecule has 0 spiro atoms. The van der Waals surface area contributed by atoms with Gasteiger partial charge < -0.3 is 0 Å². The van der Waals surface area contributed by atoms with Crippen molar-refractivity contribution in [2.24, 2.45) is 0 Å². The molecule has 0 aliphatic rings. The Morgan fingerprint density at radius 3 is 1.83 bits per heavy atom. The van der Waals surface area contributed by atoms with Gasteiger partial charge in [0.15, 0.2) is 0 Å². The second kappa shape index (κ2) is 9.05.